The lowest BCUT2D eigenvalue weighted by Crippen LogP contribution is -2.14. The van der Waals surface area contributed by atoms with Crippen LogP contribution in [0.1, 0.15) is 12.5 Å². The fourth-order valence-corrected chi connectivity index (χ4v) is 2.54. The molecule has 0 saturated carbocycles. The van der Waals surface area contributed by atoms with Crippen molar-refractivity contribution in [1.29, 1.82) is 0 Å². The molecule has 0 unspecified atom stereocenters. The summed E-state index contributed by atoms with van der Waals surface area (Å²) in [7, 11) is 0. The van der Waals surface area contributed by atoms with Crippen molar-refractivity contribution in [2.45, 2.75) is 18.2 Å². The fraction of sp³-hybridized carbons (Fsp3) is 0.188. The number of nitrogen functional groups attached to an aromatic ring is 1. The lowest BCUT2D eigenvalue weighted by molar-refractivity contribution is -0.113. The van der Waals surface area contributed by atoms with Gasteiger partial charge in [0.15, 0.2) is 0 Å². The van der Waals surface area contributed by atoms with E-state index in [-0.39, 0.29) is 5.91 Å². The molecule has 0 bridgehead atoms. The van der Waals surface area contributed by atoms with Crippen LogP contribution in [0.25, 0.3) is 0 Å². The third-order valence-electron chi connectivity index (χ3n) is 2.92. The van der Waals surface area contributed by atoms with Gasteiger partial charge in [-0.05, 0) is 36.2 Å². The second-order valence-corrected chi connectivity index (χ2v) is 5.44. The van der Waals surface area contributed by atoms with E-state index in [2.05, 4.69) is 12.2 Å². The molecule has 0 aliphatic heterocycles. The van der Waals surface area contributed by atoms with E-state index >= 15 is 0 Å². The number of carbonyl (C=O) groups is 1. The second kappa shape index (κ2) is 7.01. The highest BCUT2D eigenvalue weighted by atomic mass is 32.2. The van der Waals surface area contributed by atoms with E-state index in [1.165, 1.54) is 17.3 Å². The summed E-state index contributed by atoms with van der Waals surface area (Å²) in [6.45, 7) is 2.11. The van der Waals surface area contributed by atoms with Crippen molar-refractivity contribution >= 4 is 29.0 Å². The Morgan fingerprint density at radius 2 is 1.85 bits per heavy atom. The molecule has 104 valence electrons. The largest absolute Gasteiger partial charge is 0.398 e. The van der Waals surface area contributed by atoms with Crippen molar-refractivity contribution in [3.8, 4) is 0 Å². The topological polar surface area (TPSA) is 55.1 Å². The lowest BCUT2D eigenvalue weighted by Gasteiger charge is -2.07. The number of para-hydroxylation sites is 1. The molecule has 20 heavy (non-hydrogen) atoms. The van der Waals surface area contributed by atoms with Crippen LogP contribution in [-0.4, -0.2) is 11.7 Å². The maximum absolute atomic E-state index is 11.9. The second-order valence-electron chi connectivity index (χ2n) is 4.43. The molecule has 3 N–H and O–H groups in total. The van der Waals surface area contributed by atoms with Gasteiger partial charge in [0.1, 0.15) is 0 Å². The summed E-state index contributed by atoms with van der Waals surface area (Å²) >= 11 is 1.45. The molecule has 0 saturated heterocycles. The van der Waals surface area contributed by atoms with Gasteiger partial charge >= 0.3 is 0 Å². The van der Waals surface area contributed by atoms with Gasteiger partial charge in [0.25, 0.3) is 0 Å². The third kappa shape index (κ3) is 4.03. The molecule has 0 aliphatic rings. The monoisotopic (exact) mass is 286 g/mol. The molecular formula is C16H18N2OS. The molecule has 0 aromatic heterocycles. The summed E-state index contributed by atoms with van der Waals surface area (Å²) in [6, 6.07) is 15.5. The Balaban J connectivity index is 1.87. The van der Waals surface area contributed by atoms with Crippen molar-refractivity contribution in [2.75, 3.05) is 16.8 Å². The van der Waals surface area contributed by atoms with E-state index in [9.17, 15) is 4.79 Å². The van der Waals surface area contributed by atoms with Crippen LogP contribution < -0.4 is 11.1 Å². The molecule has 2 aromatic carbocycles. The van der Waals surface area contributed by atoms with Crippen LogP contribution in [-0.2, 0) is 11.2 Å². The number of nitrogens with two attached hydrogens (primary N) is 1. The minimum absolute atomic E-state index is 0.0255. The molecule has 0 fully saturated rings. The van der Waals surface area contributed by atoms with Crippen molar-refractivity contribution in [2.24, 2.45) is 0 Å². The summed E-state index contributed by atoms with van der Waals surface area (Å²) in [5, 5.41) is 2.88. The first kappa shape index (κ1) is 14.5. The molecular weight excluding hydrogens is 268 g/mol. The van der Waals surface area contributed by atoms with Crippen LogP contribution in [0.4, 0.5) is 11.4 Å². The molecule has 1 amide bonds. The van der Waals surface area contributed by atoms with Gasteiger partial charge in [-0.25, -0.2) is 0 Å². The van der Waals surface area contributed by atoms with Gasteiger partial charge in [-0.15, -0.1) is 11.8 Å². The van der Waals surface area contributed by atoms with Gasteiger partial charge in [-0.3, -0.25) is 4.79 Å². The van der Waals surface area contributed by atoms with Crippen molar-refractivity contribution < 1.29 is 4.79 Å². The number of anilines is 2. The summed E-state index contributed by atoms with van der Waals surface area (Å²) in [6.07, 6.45) is 0.997. The van der Waals surface area contributed by atoms with Crippen LogP contribution in [0, 0.1) is 0 Å². The molecule has 0 heterocycles. The molecule has 0 atom stereocenters. The zero-order chi connectivity index (χ0) is 14.4. The normalized spacial score (nSPS) is 10.2. The maximum atomic E-state index is 11.9. The fourth-order valence-electron chi connectivity index (χ4n) is 1.78. The van der Waals surface area contributed by atoms with Crippen LogP contribution in [0.15, 0.2) is 53.4 Å². The summed E-state index contributed by atoms with van der Waals surface area (Å²) in [5.41, 5.74) is 8.63. The number of hydrogen-bond acceptors (Lipinski definition) is 3. The zero-order valence-electron chi connectivity index (χ0n) is 11.4. The van der Waals surface area contributed by atoms with Gasteiger partial charge in [0, 0.05) is 16.3 Å². The van der Waals surface area contributed by atoms with Gasteiger partial charge < -0.3 is 11.1 Å². The first-order chi connectivity index (χ1) is 9.69. The Labute approximate surface area is 123 Å². The number of nitrogens with one attached hydrogen (secondary N) is 1. The summed E-state index contributed by atoms with van der Waals surface area (Å²) in [4.78, 5) is 12.8. The molecule has 2 rings (SSSR count). The van der Waals surface area contributed by atoms with Gasteiger partial charge in [-0.1, -0.05) is 31.2 Å². The molecule has 0 aliphatic carbocycles. The molecule has 4 heteroatoms. The predicted molar refractivity (Wildman–Crippen MR) is 86.0 cm³/mol. The van der Waals surface area contributed by atoms with E-state index in [1.807, 2.05) is 48.5 Å². The van der Waals surface area contributed by atoms with Crippen molar-refractivity contribution in [3.05, 3.63) is 54.1 Å². The van der Waals surface area contributed by atoms with Crippen molar-refractivity contribution in [1.82, 2.24) is 0 Å². The Bertz CT molecular complexity index is 581. The Morgan fingerprint density at radius 1 is 1.15 bits per heavy atom. The first-order valence-corrected chi connectivity index (χ1v) is 7.53. The van der Waals surface area contributed by atoms with Crippen LogP contribution in [0.5, 0.6) is 0 Å². The minimum atomic E-state index is -0.0255. The highest BCUT2D eigenvalue weighted by Crippen LogP contribution is 2.24. The molecule has 0 radical (unpaired) electrons. The van der Waals surface area contributed by atoms with Gasteiger partial charge in [-0.2, -0.15) is 0 Å². The highest BCUT2D eigenvalue weighted by molar-refractivity contribution is 8.00. The third-order valence-corrected chi connectivity index (χ3v) is 4.01. The van der Waals surface area contributed by atoms with Crippen LogP contribution in [0.2, 0.25) is 0 Å². The van der Waals surface area contributed by atoms with Gasteiger partial charge in [0.05, 0.1) is 5.75 Å². The number of benzene rings is 2. The number of rotatable bonds is 5. The lowest BCUT2D eigenvalue weighted by atomic mass is 10.1. The Hall–Kier alpha value is -1.94. The number of carbonyl (C=O) groups excluding carboxylic acids is 1. The average Bonchev–Trinajstić information content (AvgIpc) is 2.47. The molecule has 3 nitrogen and oxygen atoms in total. The number of amides is 1. The van der Waals surface area contributed by atoms with Crippen LogP contribution >= 0.6 is 11.8 Å². The Morgan fingerprint density at radius 3 is 2.50 bits per heavy atom. The van der Waals surface area contributed by atoms with E-state index in [1.54, 1.807) is 0 Å². The predicted octanol–water partition coefficient (Wildman–Crippen LogP) is 3.56. The smallest absolute Gasteiger partial charge is 0.234 e. The number of hydrogen-bond donors (Lipinski definition) is 2. The SMILES string of the molecule is CCc1ccc(NC(=O)CSc2ccccc2N)cc1. The number of thioether (sulfide) groups is 1. The van der Waals surface area contributed by atoms with E-state index < -0.39 is 0 Å². The van der Waals surface area contributed by atoms with E-state index in [4.69, 9.17) is 5.73 Å². The average molecular weight is 286 g/mol. The minimum Gasteiger partial charge on any atom is -0.398 e. The van der Waals surface area contributed by atoms with Gasteiger partial charge in [0.2, 0.25) is 5.91 Å². The van der Waals surface area contributed by atoms with Crippen molar-refractivity contribution in [3.63, 3.8) is 0 Å². The maximum Gasteiger partial charge on any atom is 0.234 e. The standard InChI is InChI=1S/C16H18N2OS/c1-2-12-7-9-13(10-8-12)18-16(19)11-20-15-6-4-3-5-14(15)17/h3-10H,2,11,17H2,1H3,(H,18,19). The summed E-state index contributed by atoms with van der Waals surface area (Å²) < 4.78 is 0. The Kier molecular flexibility index (Phi) is 5.07. The summed E-state index contributed by atoms with van der Waals surface area (Å²) in [5.74, 6) is 0.325. The molecule has 0 spiro atoms. The highest BCUT2D eigenvalue weighted by Gasteiger charge is 2.05. The first-order valence-electron chi connectivity index (χ1n) is 6.55. The van der Waals surface area contributed by atoms with Crippen LogP contribution in [0.3, 0.4) is 0 Å². The number of aryl methyl sites for hydroxylation is 1. The van der Waals surface area contributed by atoms with E-state index in [0.29, 0.717) is 11.4 Å². The zero-order valence-corrected chi connectivity index (χ0v) is 12.2. The van der Waals surface area contributed by atoms with E-state index in [0.717, 1.165) is 17.0 Å². The molecule has 2 aromatic rings. The quantitative estimate of drug-likeness (QED) is 0.652.